The van der Waals surface area contributed by atoms with Crippen molar-refractivity contribution < 1.29 is 33.0 Å². The Morgan fingerprint density at radius 1 is 1.03 bits per heavy atom. The molecule has 2 heterocycles. The number of methoxy groups -OCH3 is 2. The van der Waals surface area contributed by atoms with Gasteiger partial charge in [-0.15, -0.1) is 0 Å². The van der Waals surface area contributed by atoms with E-state index in [-0.39, 0.29) is 11.9 Å². The summed E-state index contributed by atoms with van der Waals surface area (Å²) < 4.78 is 21.7. The van der Waals surface area contributed by atoms with Crippen molar-refractivity contribution in [3.63, 3.8) is 0 Å². The number of carbonyl (C=O) groups is 3. The second-order valence-corrected chi connectivity index (χ2v) is 8.65. The highest BCUT2D eigenvalue weighted by Gasteiger charge is 2.35. The molecule has 0 radical (unpaired) electrons. The Bertz CT molecular complexity index is 1220. The summed E-state index contributed by atoms with van der Waals surface area (Å²) in [6.07, 6.45) is 3.08. The number of carbonyl (C=O) groups excluding carboxylic acids is 3. The Balaban J connectivity index is 1.70. The van der Waals surface area contributed by atoms with Crippen LogP contribution in [0.4, 0.5) is 5.69 Å². The lowest BCUT2D eigenvalue weighted by Gasteiger charge is -2.33. The number of rotatable bonds is 11. The molecule has 0 saturated carbocycles. The van der Waals surface area contributed by atoms with Crippen LogP contribution in [0.3, 0.4) is 0 Å². The largest absolute Gasteiger partial charge is 0.497 e. The summed E-state index contributed by atoms with van der Waals surface area (Å²) in [5.41, 5.74) is 0.924. The van der Waals surface area contributed by atoms with E-state index in [1.807, 2.05) is 6.07 Å². The van der Waals surface area contributed by atoms with E-state index in [4.69, 9.17) is 18.6 Å². The van der Waals surface area contributed by atoms with Crippen molar-refractivity contribution in [2.75, 3.05) is 38.8 Å². The molecule has 2 N–H and O–H groups in total. The lowest BCUT2D eigenvalue weighted by Crippen LogP contribution is -2.48. The highest BCUT2D eigenvalue weighted by Crippen LogP contribution is 2.37. The summed E-state index contributed by atoms with van der Waals surface area (Å²) in [6, 6.07) is 15.9. The molecule has 0 unspecified atom stereocenters. The fourth-order valence-electron chi connectivity index (χ4n) is 4.31. The van der Waals surface area contributed by atoms with Crippen LogP contribution in [0, 0.1) is 0 Å². The molecule has 2 atom stereocenters. The number of amides is 3. The minimum absolute atomic E-state index is 0.0697. The number of hydrogen-bond acceptors (Lipinski definition) is 7. The van der Waals surface area contributed by atoms with Crippen molar-refractivity contribution in [3.8, 4) is 11.5 Å². The van der Waals surface area contributed by atoms with Gasteiger partial charge >= 0.3 is 0 Å². The predicted octanol–water partition coefficient (Wildman–Crippen LogP) is 3.10. The van der Waals surface area contributed by atoms with E-state index < -0.39 is 30.3 Å². The van der Waals surface area contributed by atoms with Crippen molar-refractivity contribution >= 4 is 23.4 Å². The SMILES string of the molecule is COc1ccc(N(C(=O)CNC(=O)c2ccco2)[C@H](C(=O)NC[C@@H]2CCCO2)c2ccccc2)c(OC)c1. The molecule has 10 heteroatoms. The minimum Gasteiger partial charge on any atom is -0.497 e. The van der Waals surface area contributed by atoms with Gasteiger partial charge in [0.05, 0.1) is 38.8 Å². The van der Waals surface area contributed by atoms with E-state index in [1.165, 1.54) is 31.4 Å². The van der Waals surface area contributed by atoms with Crippen LogP contribution < -0.4 is 25.0 Å². The third-order valence-electron chi connectivity index (χ3n) is 6.21. The molecule has 0 bridgehead atoms. The first kappa shape index (κ1) is 26.7. The Morgan fingerprint density at radius 2 is 1.84 bits per heavy atom. The van der Waals surface area contributed by atoms with Crippen molar-refractivity contribution in [2.24, 2.45) is 0 Å². The third kappa shape index (κ3) is 6.33. The molecule has 1 fully saturated rings. The first-order chi connectivity index (χ1) is 18.5. The second-order valence-electron chi connectivity index (χ2n) is 8.65. The Labute approximate surface area is 220 Å². The van der Waals surface area contributed by atoms with Crippen LogP contribution in [-0.4, -0.2) is 57.7 Å². The fraction of sp³-hybridized carbons (Fsp3) is 0.321. The zero-order valence-electron chi connectivity index (χ0n) is 21.3. The van der Waals surface area contributed by atoms with Crippen LogP contribution in [0.2, 0.25) is 0 Å². The smallest absolute Gasteiger partial charge is 0.287 e. The highest BCUT2D eigenvalue weighted by atomic mass is 16.5. The van der Waals surface area contributed by atoms with Gasteiger partial charge in [-0.1, -0.05) is 30.3 Å². The van der Waals surface area contributed by atoms with Gasteiger partial charge < -0.3 is 29.3 Å². The quantitative estimate of drug-likeness (QED) is 0.398. The van der Waals surface area contributed by atoms with Gasteiger partial charge in [0.15, 0.2) is 5.76 Å². The monoisotopic (exact) mass is 521 g/mol. The molecular weight excluding hydrogens is 490 g/mol. The number of hydrogen-bond donors (Lipinski definition) is 2. The van der Waals surface area contributed by atoms with E-state index in [2.05, 4.69) is 10.6 Å². The second kappa shape index (κ2) is 12.8. The first-order valence-electron chi connectivity index (χ1n) is 12.3. The number of nitrogens with one attached hydrogen (secondary N) is 2. The molecule has 200 valence electrons. The normalized spacial score (nSPS) is 15.4. The van der Waals surface area contributed by atoms with E-state index >= 15 is 0 Å². The molecular formula is C28H31N3O7. The summed E-state index contributed by atoms with van der Waals surface area (Å²) in [4.78, 5) is 41.4. The van der Waals surface area contributed by atoms with Crippen molar-refractivity contribution in [1.29, 1.82) is 0 Å². The molecule has 3 aromatic rings. The number of furan rings is 1. The lowest BCUT2D eigenvalue weighted by atomic mass is 10.0. The average Bonchev–Trinajstić information content (AvgIpc) is 3.68. The van der Waals surface area contributed by atoms with Crippen molar-refractivity contribution in [3.05, 3.63) is 78.3 Å². The molecule has 2 aromatic carbocycles. The van der Waals surface area contributed by atoms with Crippen LogP contribution >= 0.6 is 0 Å². The summed E-state index contributed by atoms with van der Waals surface area (Å²) in [7, 11) is 2.99. The number of anilines is 1. The fourth-order valence-corrected chi connectivity index (χ4v) is 4.31. The lowest BCUT2D eigenvalue weighted by molar-refractivity contribution is -0.126. The minimum atomic E-state index is -1.06. The molecule has 1 aromatic heterocycles. The summed E-state index contributed by atoms with van der Waals surface area (Å²) in [5.74, 6) is -0.569. The molecule has 10 nitrogen and oxygen atoms in total. The molecule has 0 spiro atoms. The van der Waals surface area contributed by atoms with Gasteiger partial charge in [-0.3, -0.25) is 19.3 Å². The molecule has 1 aliphatic rings. The third-order valence-corrected chi connectivity index (χ3v) is 6.21. The highest BCUT2D eigenvalue weighted by molar-refractivity contribution is 6.05. The van der Waals surface area contributed by atoms with Gasteiger partial charge in [-0.05, 0) is 42.7 Å². The van der Waals surface area contributed by atoms with E-state index in [0.717, 1.165) is 12.8 Å². The summed E-state index contributed by atoms with van der Waals surface area (Å²) in [5, 5.41) is 5.53. The van der Waals surface area contributed by atoms with Gasteiger partial charge in [-0.25, -0.2) is 0 Å². The van der Waals surface area contributed by atoms with Crippen LogP contribution in [0.15, 0.2) is 71.3 Å². The zero-order valence-corrected chi connectivity index (χ0v) is 21.3. The van der Waals surface area contributed by atoms with Crippen LogP contribution in [0.25, 0.3) is 0 Å². The molecule has 38 heavy (non-hydrogen) atoms. The zero-order chi connectivity index (χ0) is 26.9. The van der Waals surface area contributed by atoms with Gasteiger partial charge in [-0.2, -0.15) is 0 Å². The van der Waals surface area contributed by atoms with Gasteiger partial charge in [0, 0.05) is 19.2 Å². The van der Waals surface area contributed by atoms with E-state index in [0.29, 0.717) is 35.9 Å². The van der Waals surface area contributed by atoms with Crippen LogP contribution in [0.1, 0.15) is 35.0 Å². The maximum Gasteiger partial charge on any atom is 0.287 e. The Hall–Kier alpha value is -4.31. The predicted molar refractivity (Wildman–Crippen MR) is 139 cm³/mol. The van der Waals surface area contributed by atoms with Gasteiger partial charge in [0.25, 0.3) is 5.91 Å². The number of benzene rings is 2. The summed E-state index contributed by atoms with van der Waals surface area (Å²) >= 11 is 0. The van der Waals surface area contributed by atoms with E-state index in [1.54, 1.807) is 48.5 Å². The molecule has 4 rings (SSSR count). The van der Waals surface area contributed by atoms with Crippen molar-refractivity contribution in [2.45, 2.75) is 25.0 Å². The molecule has 1 aliphatic heterocycles. The topological polar surface area (TPSA) is 119 Å². The maximum absolute atomic E-state index is 13.8. The van der Waals surface area contributed by atoms with Gasteiger partial charge in [0.2, 0.25) is 11.8 Å². The maximum atomic E-state index is 13.8. The molecule has 3 amide bonds. The average molecular weight is 522 g/mol. The number of ether oxygens (including phenoxy) is 3. The van der Waals surface area contributed by atoms with Crippen LogP contribution in [0.5, 0.6) is 11.5 Å². The Kier molecular flexibility index (Phi) is 8.99. The molecule has 0 aliphatic carbocycles. The van der Waals surface area contributed by atoms with Crippen LogP contribution in [-0.2, 0) is 14.3 Å². The first-order valence-corrected chi connectivity index (χ1v) is 12.3. The standard InChI is InChI=1S/C28H31N3O7/c1-35-20-12-13-22(24(16-20)36-2)31(25(32)18-30-27(33)23-11-7-15-38-23)26(19-8-4-3-5-9-19)28(34)29-17-21-10-6-14-37-21/h3-5,7-9,11-13,15-16,21,26H,6,10,14,17-18H2,1-2H3,(H,29,34)(H,30,33)/t21-,26-/m0/s1. The Morgan fingerprint density at radius 3 is 2.50 bits per heavy atom. The molecule has 1 saturated heterocycles. The summed E-state index contributed by atoms with van der Waals surface area (Å²) in [6.45, 7) is 0.585. The van der Waals surface area contributed by atoms with Crippen molar-refractivity contribution in [1.82, 2.24) is 10.6 Å². The van der Waals surface area contributed by atoms with E-state index in [9.17, 15) is 14.4 Å². The number of nitrogens with zero attached hydrogens (tertiary/aromatic N) is 1. The van der Waals surface area contributed by atoms with Gasteiger partial charge in [0.1, 0.15) is 17.5 Å².